The normalized spacial score (nSPS) is 10.2. The largest absolute Gasteiger partial charge is 0.326 e. The molecule has 10 heavy (non-hydrogen) atoms. The van der Waals surface area contributed by atoms with Crippen LogP contribution < -0.4 is 0 Å². The number of carbonyl (C=O) groups excluding carboxylic acids is 1. The Morgan fingerprint density at radius 2 is 1.40 bits per heavy atom. The Balaban J connectivity index is 0. The number of hydrogen-bond acceptors (Lipinski definition) is 2. The van der Waals surface area contributed by atoms with Gasteiger partial charge in [-0.3, -0.25) is 4.57 Å². The zero-order valence-corrected chi connectivity index (χ0v) is 7.29. The fourth-order valence-corrected chi connectivity index (χ4v) is 0. The third kappa shape index (κ3) is 45.7. The molecule has 5 heteroatoms. The van der Waals surface area contributed by atoms with Crippen molar-refractivity contribution in [2.24, 2.45) is 5.41 Å². The van der Waals surface area contributed by atoms with Gasteiger partial charge in [-0.25, -0.2) is 0 Å². The zero-order chi connectivity index (χ0) is 8.78. The van der Waals surface area contributed by atoms with Crippen LogP contribution in [0.4, 0.5) is 0 Å². The summed E-state index contributed by atoms with van der Waals surface area (Å²) in [6.45, 7) is 5.62. The number of carbonyl (C=O) groups is 1. The van der Waals surface area contributed by atoms with Crippen molar-refractivity contribution < 1.29 is 19.1 Å². The second-order valence-corrected chi connectivity index (χ2v) is 3.33. The second-order valence-electron chi connectivity index (χ2n) is 2.77. The van der Waals surface area contributed by atoms with Crippen molar-refractivity contribution in [2.45, 2.75) is 20.8 Å². The third-order valence-electron chi connectivity index (χ3n) is 0.354. The molecule has 0 aliphatic rings. The lowest BCUT2D eigenvalue weighted by Crippen LogP contribution is -2.04. The van der Waals surface area contributed by atoms with E-state index in [1.807, 2.05) is 20.8 Å². The molecule has 0 saturated heterocycles. The Kier molecular flexibility index (Phi) is 6.99. The third-order valence-corrected chi connectivity index (χ3v) is 0.354. The molecule has 0 aromatic carbocycles. The van der Waals surface area contributed by atoms with Crippen LogP contribution >= 0.6 is 8.25 Å². The highest BCUT2D eigenvalue weighted by atomic mass is 31.1. The highest BCUT2D eigenvalue weighted by Gasteiger charge is 2.04. The minimum absolute atomic E-state index is 0.139. The summed E-state index contributed by atoms with van der Waals surface area (Å²) in [5.74, 6) is 0. The first-order chi connectivity index (χ1) is 4.29. The summed E-state index contributed by atoms with van der Waals surface area (Å²) in [4.78, 5) is 24.1. The maximum absolute atomic E-state index is 9.83. The smallest absolute Gasteiger partial charge is 0.314 e. The van der Waals surface area contributed by atoms with Gasteiger partial charge in [-0.15, -0.1) is 0 Å². The molecule has 0 bridgehead atoms. The van der Waals surface area contributed by atoms with Crippen LogP contribution in [0.5, 0.6) is 0 Å². The Morgan fingerprint density at radius 3 is 1.40 bits per heavy atom. The van der Waals surface area contributed by atoms with Crippen molar-refractivity contribution in [3.8, 4) is 0 Å². The maximum atomic E-state index is 9.83. The molecule has 4 nitrogen and oxygen atoms in total. The van der Waals surface area contributed by atoms with Gasteiger partial charge in [-0.2, -0.15) is 0 Å². The van der Waals surface area contributed by atoms with E-state index < -0.39 is 8.25 Å². The van der Waals surface area contributed by atoms with Gasteiger partial charge in [-0.05, 0) is 0 Å². The van der Waals surface area contributed by atoms with Crippen LogP contribution in [0.25, 0.3) is 0 Å². The fraction of sp³-hybridized carbons (Fsp3) is 0.800. The summed E-state index contributed by atoms with van der Waals surface area (Å²) in [5.41, 5.74) is -0.139. The molecule has 0 unspecified atom stereocenters. The summed E-state index contributed by atoms with van der Waals surface area (Å²) in [5, 5.41) is 0. The van der Waals surface area contributed by atoms with Crippen LogP contribution in [0.3, 0.4) is 0 Å². The molecule has 2 N–H and O–H groups in total. The predicted octanol–water partition coefficient (Wildman–Crippen LogP) is 0.592. The lowest BCUT2D eigenvalue weighted by Gasteiger charge is -2.03. The van der Waals surface area contributed by atoms with Crippen LogP contribution in [0, 0.1) is 5.41 Å². The first-order valence-corrected chi connectivity index (χ1v) is 3.98. The summed E-state index contributed by atoms with van der Waals surface area (Å²) < 4.78 is 8.74. The van der Waals surface area contributed by atoms with Gasteiger partial charge in [0, 0.05) is 5.41 Å². The Bertz CT molecular complexity index is 111. The zero-order valence-electron chi connectivity index (χ0n) is 6.29. The summed E-state index contributed by atoms with van der Waals surface area (Å²) in [6, 6.07) is 0. The van der Waals surface area contributed by atoms with Gasteiger partial charge in [-0.1, -0.05) is 20.8 Å². The van der Waals surface area contributed by atoms with Gasteiger partial charge >= 0.3 is 8.25 Å². The lowest BCUT2D eigenvalue weighted by molar-refractivity contribution is -0.113. The molecule has 0 aromatic rings. The van der Waals surface area contributed by atoms with E-state index in [0.717, 1.165) is 6.29 Å². The first kappa shape index (κ1) is 12.5. The minimum atomic E-state index is -3.13. The number of aldehydes is 1. The van der Waals surface area contributed by atoms with E-state index in [0.29, 0.717) is 0 Å². The highest BCUT2D eigenvalue weighted by molar-refractivity contribution is 7.30. The van der Waals surface area contributed by atoms with Crippen LogP contribution in [-0.4, -0.2) is 16.1 Å². The van der Waals surface area contributed by atoms with E-state index in [9.17, 15) is 4.79 Å². The quantitative estimate of drug-likeness (QED) is 0.410. The van der Waals surface area contributed by atoms with E-state index in [4.69, 9.17) is 14.4 Å². The van der Waals surface area contributed by atoms with Crippen molar-refractivity contribution in [1.82, 2.24) is 0 Å². The van der Waals surface area contributed by atoms with Crippen LogP contribution in [0.2, 0.25) is 0 Å². The van der Waals surface area contributed by atoms with Crippen molar-refractivity contribution in [2.75, 3.05) is 0 Å². The highest BCUT2D eigenvalue weighted by Crippen LogP contribution is 2.05. The molecule has 0 fully saturated rings. The fourth-order valence-electron chi connectivity index (χ4n) is 0. The number of hydrogen-bond donors (Lipinski definition) is 2. The van der Waals surface area contributed by atoms with Gasteiger partial charge < -0.3 is 14.6 Å². The molecule has 0 aliphatic heterocycles. The first-order valence-electron chi connectivity index (χ1n) is 2.68. The predicted molar refractivity (Wildman–Crippen MR) is 39.0 cm³/mol. The van der Waals surface area contributed by atoms with Crippen LogP contribution in [0.1, 0.15) is 20.8 Å². The SMILES string of the molecule is CC(C)(C)C=O.O=[PH](O)O. The molecule has 0 radical (unpaired) electrons. The van der Waals surface area contributed by atoms with Crippen LogP contribution in [0.15, 0.2) is 0 Å². The average Bonchev–Trinajstić information content (AvgIpc) is 1.63. The van der Waals surface area contributed by atoms with Gasteiger partial charge in [0.25, 0.3) is 0 Å². The monoisotopic (exact) mass is 168 g/mol. The maximum Gasteiger partial charge on any atom is 0.314 e. The minimum Gasteiger partial charge on any atom is -0.326 e. The standard InChI is InChI=1S/C5H10O.H3O3P/c1-5(2,3)4-6;1-4(2)3/h4H,1-3H3;4H,(H2,1,2,3). The summed E-state index contributed by atoms with van der Waals surface area (Å²) >= 11 is 0. The molecule has 0 heterocycles. The molecule has 0 saturated carbocycles. The molecule has 0 atom stereocenters. The average molecular weight is 168 g/mol. The Labute approximate surface area is 60.8 Å². The van der Waals surface area contributed by atoms with Crippen molar-refractivity contribution >= 4 is 14.5 Å². The van der Waals surface area contributed by atoms with Gasteiger partial charge in [0.2, 0.25) is 0 Å². The van der Waals surface area contributed by atoms with E-state index in [2.05, 4.69) is 0 Å². The summed E-state index contributed by atoms with van der Waals surface area (Å²) in [7, 11) is -3.13. The molecular weight excluding hydrogens is 155 g/mol. The molecule has 0 aromatic heterocycles. The molecule has 0 spiro atoms. The van der Waals surface area contributed by atoms with E-state index in [-0.39, 0.29) is 5.41 Å². The van der Waals surface area contributed by atoms with Crippen molar-refractivity contribution in [3.63, 3.8) is 0 Å². The molecular formula is C5H13O4P. The molecule has 62 valence electrons. The molecule has 0 rings (SSSR count). The lowest BCUT2D eigenvalue weighted by atomic mass is 10.0. The Morgan fingerprint density at radius 1 is 1.30 bits per heavy atom. The summed E-state index contributed by atoms with van der Waals surface area (Å²) in [6.07, 6.45) is 0.938. The van der Waals surface area contributed by atoms with Crippen LogP contribution in [-0.2, 0) is 9.36 Å². The van der Waals surface area contributed by atoms with E-state index >= 15 is 0 Å². The van der Waals surface area contributed by atoms with Gasteiger partial charge in [0.15, 0.2) is 0 Å². The molecule has 0 aliphatic carbocycles. The van der Waals surface area contributed by atoms with Gasteiger partial charge in [0.05, 0.1) is 0 Å². The van der Waals surface area contributed by atoms with Crippen molar-refractivity contribution in [3.05, 3.63) is 0 Å². The number of rotatable bonds is 0. The van der Waals surface area contributed by atoms with Crippen molar-refractivity contribution in [1.29, 1.82) is 0 Å². The second kappa shape index (κ2) is 5.59. The van der Waals surface area contributed by atoms with E-state index in [1.165, 1.54) is 0 Å². The van der Waals surface area contributed by atoms with E-state index in [1.54, 1.807) is 0 Å². The molecule has 0 amide bonds. The van der Waals surface area contributed by atoms with Gasteiger partial charge in [0.1, 0.15) is 6.29 Å². The topological polar surface area (TPSA) is 74.6 Å². The Hall–Kier alpha value is -0.180.